The first-order chi connectivity index (χ1) is 9.06. The second kappa shape index (κ2) is 5.77. The lowest BCUT2D eigenvalue weighted by molar-refractivity contribution is -0.138. The zero-order chi connectivity index (χ0) is 14.0. The molecule has 1 aromatic rings. The molecule has 0 bridgehead atoms. The minimum Gasteiger partial charge on any atom is -0.481 e. The fourth-order valence-corrected chi connectivity index (χ4v) is 3.04. The Morgan fingerprint density at radius 3 is 2.63 bits per heavy atom. The van der Waals surface area contributed by atoms with Crippen LogP contribution >= 0.6 is 0 Å². The molecule has 1 aliphatic carbocycles. The highest BCUT2D eigenvalue weighted by Crippen LogP contribution is 2.45. The molecule has 1 aromatic carbocycles. The number of aryl methyl sites for hydroxylation is 2. The van der Waals surface area contributed by atoms with Crippen molar-refractivity contribution >= 4 is 5.97 Å². The number of carboxylic acids is 1. The van der Waals surface area contributed by atoms with Gasteiger partial charge in [0.2, 0.25) is 0 Å². The van der Waals surface area contributed by atoms with Gasteiger partial charge in [0.15, 0.2) is 0 Å². The molecule has 2 nitrogen and oxygen atoms in total. The molecule has 3 unspecified atom stereocenters. The molecule has 0 saturated heterocycles. The highest BCUT2D eigenvalue weighted by molar-refractivity contribution is 5.73. The summed E-state index contributed by atoms with van der Waals surface area (Å²) in [6.45, 7) is 6.61. The summed E-state index contributed by atoms with van der Waals surface area (Å²) in [4.78, 5) is 10.9. The summed E-state index contributed by atoms with van der Waals surface area (Å²) in [6, 6.07) is 6.78. The van der Waals surface area contributed by atoms with Crippen LogP contribution in [-0.2, 0) is 17.6 Å². The van der Waals surface area contributed by atoms with Crippen LogP contribution < -0.4 is 0 Å². The second-order valence-electron chi connectivity index (χ2n) is 5.82. The summed E-state index contributed by atoms with van der Waals surface area (Å²) >= 11 is 0. The van der Waals surface area contributed by atoms with Gasteiger partial charge in [-0.25, -0.2) is 0 Å². The fourth-order valence-electron chi connectivity index (χ4n) is 3.04. The molecule has 2 heteroatoms. The zero-order valence-corrected chi connectivity index (χ0v) is 12.1. The Balaban J connectivity index is 2.09. The van der Waals surface area contributed by atoms with Gasteiger partial charge in [-0.15, -0.1) is 0 Å². The normalized spacial score (nSPS) is 23.1. The van der Waals surface area contributed by atoms with Crippen LogP contribution in [0.1, 0.15) is 56.2 Å². The summed E-state index contributed by atoms with van der Waals surface area (Å²) < 4.78 is 0. The van der Waals surface area contributed by atoms with Crippen molar-refractivity contribution in [2.45, 2.75) is 52.4 Å². The molecule has 0 aromatic heterocycles. The molecule has 1 N–H and O–H groups in total. The van der Waals surface area contributed by atoms with E-state index in [0.717, 1.165) is 25.7 Å². The second-order valence-corrected chi connectivity index (χ2v) is 5.82. The lowest BCUT2D eigenvalue weighted by Crippen LogP contribution is -2.04. The lowest BCUT2D eigenvalue weighted by atomic mass is 9.88. The van der Waals surface area contributed by atoms with Gasteiger partial charge in [0.05, 0.1) is 5.92 Å². The molecular weight excluding hydrogens is 236 g/mol. The van der Waals surface area contributed by atoms with Gasteiger partial charge < -0.3 is 5.11 Å². The Hall–Kier alpha value is -1.31. The highest BCUT2D eigenvalue weighted by atomic mass is 16.4. The van der Waals surface area contributed by atoms with E-state index in [9.17, 15) is 4.79 Å². The van der Waals surface area contributed by atoms with Gasteiger partial charge >= 0.3 is 5.97 Å². The summed E-state index contributed by atoms with van der Waals surface area (Å²) in [5, 5.41) is 8.99. The monoisotopic (exact) mass is 260 g/mol. The molecule has 0 spiro atoms. The van der Waals surface area contributed by atoms with E-state index in [4.69, 9.17) is 5.11 Å². The molecule has 0 heterocycles. The molecule has 104 valence electrons. The van der Waals surface area contributed by atoms with Crippen LogP contribution in [0.4, 0.5) is 0 Å². The maximum atomic E-state index is 10.9. The molecule has 2 rings (SSSR count). The number of carboxylic acid groups (broad SMARTS) is 1. The lowest BCUT2D eigenvalue weighted by Gasteiger charge is -2.17. The van der Waals surface area contributed by atoms with Gasteiger partial charge in [0.1, 0.15) is 0 Å². The predicted molar refractivity (Wildman–Crippen MR) is 77.5 cm³/mol. The largest absolute Gasteiger partial charge is 0.481 e. The third-order valence-corrected chi connectivity index (χ3v) is 4.43. The number of benzene rings is 1. The number of carbonyl (C=O) groups is 1. The van der Waals surface area contributed by atoms with Crippen LogP contribution in [0.25, 0.3) is 0 Å². The topological polar surface area (TPSA) is 37.3 Å². The van der Waals surface area contributed by atoms with Crippen molar-refractivity contribution in [3.63, 3.8) is 0 Å². The van der Waals surface area contributed by atoms with E-state index in [-0.39, 0.29) is 5.92 Å². The number of aliphatic carboxylic acids is 1. The number of rotatable bonds is 6. The summed E-state index contributed by atoms with van der Waals surface area (Å²) in [6.07, 6.45) is 3.99. The van der Waals surface area contributed by atoms with E-state index in [1.807, 2.05) is 0 Å². The molecule has 0 aliphatic heterocycles. The molecule has 1 aliphatic rings. The van der Waals surface area contributed by atoms with Crippen LogP contribution in [-0.4, -0.2) is 11.1 Å². The van der Waals surface area contributed by atoms with Gasteiger partial charge in [-0.05, 0) is 54.2 Å². The Kier molecular flexibility index (Phi) is 4.28. The van der Waals surface area contributed by atoms with Crippen LogP contribution in [0, 0.1) is 11.8 Å². The van der Waals surface area contributed by atoms with Crippen molar-refractivity contribution in [3.05, 3.63) is 34.9 Å². The summed E-state index contributed by atoms with van der Waals surface area (Å²) in [7, 11) is 0. The molecule has 3 atom stereocenters. The maximum absolute atomic E-state index is 10.9. The van der Waals surface area contributed by atoms with E-state index in [2.05, 4.69) is 39.0 Å². The van der Waals surface area contributed by atoms with Crippen LogP contribution in [0.5, 0.6) is 0 Å². The standard InChI is InChI=1S/C17H24O2/c1-4-12-6-7-13(5-2)15(9-12)11(3)8-14-10-16(14)17(18)19/h6-7,9,11,14,16H,4-5,8,10H2,1-3H3,(H,18,19). The van der Waals surface area contributed by atoms with Crippen molar-refractivity contribution in [2.75, 3.05) is 0 Å². The molecule has 1 saturated carbocycles. The first kappa shape index (κ1) is 14.1. The maximum Gasteiger partial charge on any atom is 0.306 e. The van der Waals surface area contributed by atoms with Crippen molar-refractivity contribution in [2.24, 2.45) is 11.8 Å². The van der Waals surface area contributed by atoms with Gasteiger partial charge in [-0.2, -0.15) is 0 Å². The van der Waals surface area contributed by atoms with Gasteiger partial charge in [0, 0.05) is 0 Å². The molecule has 19 heavy (non-hydrogen) atoms. The van der Waals surface area contributed by atoms with E-state index < -0.39 is 5.97 Å². The van der Waals surface area contributed by atoms with Gasteiger partial charge in [-0.3, -0.25) is 4.79 Å². The smallest absolute Gasteiger partial charge is 0.306 e. The predicted octanol–water partition coefficient (Wildman–Crippen LogP) is 4.03. The minimum absolute atomic E-state index is 0.0816. The first-order valence-corrected chi connectivity index (χ1v) is 7.41. The minimum atomic E-state index is -0.616. The van der Waals surface area contributed by atoms with Gasteiger partial charge in [-0.1, -0.05) is 39.0 Å². The Morgan fingerprint density at radius 1 is 1.37 bits per heavy atom. The third kappa shape index (κ3) is 3.17. The van der Waals surface area contributed by atoms with Crippen LogP contribution in [0.2, 0.25) is 0 Å². The van der Waals surface area contributed by atoms with Crippen molar-refractivity contribution in [1.82, 2.24) is 0 Å². The Labute approximate surface area is 115 Å². The summed E-state index contributed by atoms with van der Waals surface area (Å²) in [5.74, 6) is 0.162. The average Bonchev–Trinajstić information content (AvgIpc) is 3.17. The van der Waals surface area contributed by atoms with E-state index >= 15 is 0 Å². The molecular formula is C17H24O2. The highest BCUT2D eigenvalue weighted by Gasteiger charge is 2.43. The number of hydrogen-bond acceptors (Lipinski definition) is 1. The average molecular weight is 260 g/mol. The van der Waals surface area contributed by atoms with E-state index in [1.165, 1.54) is 16.7 Å². The molecule has 0 amide bonds. The van der Waals surface area contributed by atoms with E-state index in [1.54, 1.807) is 0 Å². The van der Waals surface area contributed by atoms with E-state index in [0.29, 0.717) is 11.8 Å². The fraction of sp³-hybridized carbons (Fsp3) is 0.588. The first-order valence-electron chi connectivity index (χ1n) is 7.41. The molecule has 1 fully saturated rings. The quantitative estimate of drug-likeness (QED) is 0.838. The number of hydrogen-bond donors (Lipinski definition) is 1. The third-order valence-electron chi connectivity index (χ3n) is 4.43. The van der Waals surface area contributed by atoms with Crippen molar-refractivity contribution < 1.29 is 9.90 Å². The summed E-state index contributed by atoms with van der Waals surface area (Å²) in [5.41, 5.74) is 4.22. The Bertz CT molecular complexity index is 464. The van der Waals surface area contributed by atoms with Crippen LogP contribution in [0.15, 0.2) is 18.2 Å². The van der Waals surface area contributed by atoms with Crippen molar-refractivity contribution in [3.8, 4) is 0 Å². The van der Waals surface area contributed by atoms with Crippen molar-refractivity contribution in [1.29, 1.82) is 0 Å². The van der Waals surface area contributed by atoms with Gasteiger partial charge in [0.25, 0.3) is 0 Å². The SMILES string of the molecule is CCc1ccc(CC)c(C(C)CC2CC2C(=O)O)c1. The Morgan fingerprint density at radius 2 is 2.11 bits per heavy atom. The molecule has 0 radical (unpaired) electrons. The zero-order valence-electron chi connectivity index (χ0n) is 12.1. The van der Waals surface area contributed by atoms with Crippen LogP contribution in [0.3, 0.4) is 0 Å².